The molecule has 170 valence electrons. The van der Waals surface area contributed by atoms with Crippen molar-refractivity contribution in [3.63, 3.8) is 0 Å². The fourth-order valence-corrected chi connectivity index (χ4v) is 4.34. The van der Waals surface area contributed by atoms with Gasteiger partial charge in [0.15, 0.2) is 5.88 Å². The highest BCUT2D eigenvalue weighted by Gasteiger charge is 2.35. The molecule has 1 aliphatic carbocycles. The van der Waals surface area contributed by atoms with Crippen LogP contribution in [0.1, 0.15) is 25.7 Å². The Hall–Kier alpha value is -3.41. The lowest BCUT2D eigenvalue weighted by Gasteiger charge is -2.28. The van der Waals surface area contributed by atoms with E-state index in [1.165, 1.54) is 12.1 Å². The summed E-state index contributed by atoms with van der Waals surface area (Å²) in [6.07, 6.45) is 0.298. The number of furan rings is 1. The zero-order valence-corrected chi connectivity index (χ0v) is 18.2. The van der Waals surface area contributed by atoms with E-state index in [2.05, 4.69) is 5.32 Å². The quantitative estimate of drug-likeness (QED) is 0.335. The van der Waals surface area contributed by atoms with Crippen LogP contribution in [0.4, 0.5) is 19.1 Å². The third kappa shape index (κ3) is 4.56. The summed E-state index contributed by atoms with van der Waals surface area (Å²) >= 11 is 0. The van der Waals surface area contributed by atoms with E-state index in [0.29, 0.717) is 24.5 Å². The van der Waals surface area contributed by atoms with Gasteiger partial charge in [0, 0.05) is 36.9 Å². The minimum absolute atomic E-state index is 0.124. The van der Waals surface area contributed by atoms with Gasteiger partial charge in [-0.1, -0.05) is 24.3 Å². The number of halogens is 3. The maximum absolute atomic E-state index is 13.5. The molecule has 0 saturated heterocycles. The summed E-state index contributed by atoms with van der Waals surface area (Å²) in [5.74, 6) is -1.54. The smallest absolute Gasteiger partial charge is 0.248 e. The monoisotopic (exact) mass is 451 g/mol. The summed E-state index contributed by atoms with van der Waals surface area (Å²) < 4.78 is 52.1. The van der Waals surface area contributed by atoms with Crippen LogP contribution in [0.2, 0.25) is 0 Å². The minimum atomic E-state index is -2.56. The van der Waals surface area contributed by atoms with E-state index in [0.717, 1.165) is 33.2 Å². The normalized spacial score (nSPS) is 16.1. The fraction of sp³-hybridized carbons (Fsp3) is 0.259. The number of fused-ring (bicyclic) bond motifs is 1. The zero-order chi connectivity index (χ0) is 23.0. The summed E-state index contributed by atoms with van der Waals surface area (Å²) in [5, 5.41) is 3.95. The molecule has 0 aliphatic heterocycles. The Morgan fingerprint density at radius 1 is 0.879 bits per heavy atom. The van der Waals surface area contributed by atoms with Gasteiger partial charge < -0.3 is 14.5 Å². The van der Waals surface area contributed by atoms with Crippen molar-refractivity contribution >= 4 is 16.9 Å². The van der Waals surface area contributed by atoms with E-state index in [-0.39, 0.29) is 24.8 Å². The van der Waals surface area contributed by atoms with Crippen LogP contribution >= 0.6 is 0 Å². The number of alkyl halides is 2. The molecule has 4 aromatic rings. The first-order chi connectivity index (χ1) is 15.9. The molecule has 0 unspecified atom stereocenters. The number of anilines is 1. The first-order valence-corrected chi connectivity index (χ1v) is 11.1. The molecule has 3 aromatic carbocycles. The highest BCUT2D eigenvalue weighted by molar-refractivity contribution is 5.98. The molecule has 0 bridgehead atoms. The molecule has 0 spiro atoms. The molecule has 5 rings (SSSR count). The number of nitrogens with one attached hydrogen (secondary N) is 1. The van der Waals surface area contributed by atoms with Crippen LogP contribution in [0.5, 0.6) is 5.75 Å². The molecule has 3 nitrogen and oxygen atoms in total. The van der Waals surface area contributed by atoms with Crippen LogP contribution in [0.15, 0.2) is 71.1 Å². The lowest BCUT2D eigenvalue weighted by atomic mass is 9.94. The molecule has 0 atom stereocenters. The number of ether oxygens (including phenoxy) is 1. The van der Waals surface area contributed by atoms with Crippen molar-refractivity contribution < 1.29 is 22.3 Å². The molecule has 0 amide bonds. The first-order valence-electron chi connectivity index (χ1n) is 11.1. The Kier molecular flexibility index (Phi) is 5.52. The van der Waals surface area contributed by atoms with Crippen molar-refractivity contribution in [3.05, 3.63) is 72.5 Å². The van der Waals surface area contributed by atoms with Gasteiger partial charge in [-0.05, 0) is 65.9 Å². The largest absolute Gasteiger partial charge is 0.490 e. The summed E-state index contributed by atoms with van der Waals surface area (Å²) in [7, 11) is 1.79. The van der Waals surface area contributed by atoms with Gasteiger partial charge in [-0.2, -0.15) is 0 Å². The summed E-state index contributed by atoms with van der Waals surface area (Å²) in [4.78, 5) is 0. The van der Waals surface area contributed by atoms with Crippen molar-refractivity contribution in [3.8, 4) is 28.0 Å². The second kappa shape index (κ2) is 8.50. The topological polar surface area (TPSA) is 34.4 Å². The summed E-state index contributed by atoms with van der Waals surface area (Å²) in [5.41, 5.74) is 4.41. The highest BCUT2D eigenvalue weighted by atomic mass is 19.3. The minimum Gasteiger partial charge on any atom is -0.490 e. The zero-order valence-electron chi connectivity index (χ0n) is 18.2. The summed E-state index contributed by atoms with van der Waals surface area (Å²) in [6.45, 7) is 0. The van der Waals surface area contributed by atoms with Crippen LogP contribution < -0.4 is 10.1 Å². The van der Waals surface area contributed by atoms with E-state index >= 15 is 0 Å². The molecule has 0 radical (unpaired) electrons. The molecular weight excluding hydrogens is 427 g/mol. The average Bonchev–Trinajstić information content (AvgIpc) is 3.24. The Bertz CT molecular complexity index is 1250. The van der Waals surface area contributed by atoms with E-state index in [1.54, 1.807) is 19.2 Å². The van der Waals surface area contributed by atoms with Crippen LogP contribution in [0, 0.1) is 5.82 Å². The average molecular weight is 451 g/mol. The van der Waals surface area contributed by atoms with Gasteiger partial charge in [-0.15, -0.1) is 0 Å². The molecule has 33 heavy (non-hydrogen) atoms. The van der Waals surface area contributed by atoms with Crippen molar-refractivity contribution in [1.29, 1.82) is 0 Å². The predicted molar refractivity (Wildman–Crippen MR) is 124 cm³/mol. The Morgan fingerprint density at radius 2 is 1.55 bits per heavy atom. The van der Waals surface area contributed by atoms with Crippen LogP contribution in [-0.2, 0) is 0 Å². The number of rotatable bonds is 5. The molecule has 1 saturated carbocycles. The van der Waals surface area contributed by atoms with Gasteiger partial charge in [-0.25, -0.2) is 13.2 Å². The second-order valence-electron chi connectivity index (χ2n) is 8.51. The maximum Gasteiger partial charge on any atom is 0.248 e. The van der Waals surface area contributed by atoms with Crippen molar-refractivity contribution in [2.45, 2.75) is 37.7 Å². The van der Waals surface area contributed by atoms with Gasteiger partial charge in [-0.3, -0.25) is 0 Å². The van der Waals surface area contributed by atoms with Crippen molar-refractivity contribution in [2.75, 3.05) is 12.4 Å². The third-order valence-electron chi connectivity index (χ3n) is 6.17. The first kappa shape index (κ1) is 21.4. The van der Waals surface area contributed by atoms with E-state index in [9.17, 15) is 13.2 Å². The molecule has 1 N–H and O–H groups in total. The Balaban J connectivity index is 1.45. The molecule has 1 heterocycles. The molecule has 6 heteroatoms. The Labute approximate surface area is 190 Å². The van der Waals surface area contributed by atoms with E-state index < -0.39 is 5.92 Å². The van der Waals surface area contributed by atoms with Crippen LogP contribution in [-0.4, -0.2) is 19.1 Å². The van der Waals surface area contributed by atoms with Gasteiger partial charge in [0.25, 0.3) is 0 Å². The fourth-order valence-electron chi connectivity index (χ4n) is 4.34. The van der Waals surface area contributed by atoms with Crippen LogP contribution in [0.25, 0.3) is 33.2 Å². The van der Waals surface area contributed by atoms with Gasteiger partial charge >= 0.3 is 0 Å². The lowest BCUT2D eigenvalue weighted by molar-refractivity contribution is -0.0582. The van der Waals surface area contributed by atoms with Gasteiger partial charge in [0.1, 0.15) is 17.1 Å². The summed E-state index contributed by atoms with van der Waals surface area (Å²) in [6, 6.07) is 20.0. The lowest BCUT2D eigenvalue weighted by Crippen LogP contribution is -2.30. The van der Waals surface area contributed by atoms with Gasteiger partial charge in [0.2, 0.25) is 5.92 Å². The number of benzene rings is 3. The predicted octanol–water partition coefficient (Wildman–Crippen LogP) is 7.90. The van der Waals surface area contributed by atoms with E-state index in [1.807, 2.05) is 42.5 Å². The molecular formula is C27H24F3NO2. The van der Waals surface area contributed by atoms with Crippen LogP contribution in [0.3, 0.4) is 0 Å². The molecule has 1 aliphatic rings. The Morgan fingerprint density at radius 3 is 2.21 bits per heavy atom. The third-order valence-corrected chi connectivity index (χ3v) is 6.17. The highest BCUT2D eigenvalue weighted by Crippen LogP contribution is 2.38. The van der Waals surface area contributed by atoms with Crippen molar-refractivity contribution in [2.24, 2.45) is 0 Å². The number of hydrogen-bond donors (Lipinski definition) is 1. The van der Waals surface area contributed by atoms with E-state index in [4.69, 9.17) is 9.15 Å². The van der Waals surface area contributed by atoms with Crippen molar-refractivity contribution in [1.82, 2.24) is 0 Å². The number of hydrogen-bond acceptors (Lipinski definition) is 3. The SMILES string of the molecule is CNc1cc2cc(-c3ccc(OC4CCC(F)(F)CC4)cc3)cc(-c3ccc(F)cc3)c2o1. The standard InChI is InChI=1S/C27H24F3NO2/c1-31-25-16-20-14-19(15-24(26(20)33-25)18-2-6-21(28)7-3-18)17-4-8-22(9-5-17)32-23-10-12-27(29,30)13-11-23/h2-9,14-16,23,31H,10-13H2,1H3. The second-order valence-corrected chi connectivity index (χ2v) is 8.51. The van der Waals surface area contributed by atoms with Gasteiger partial charge in [0.05, 0.1) is 6.10 Å². The molecule has 1 fully saturated rings. The maximum atomic E-state index is 13.5. The molecule has 1 aromatic heterocycles.